The second kappa shape index (κ2) is 6.49. The maximum atomic E-state index is 11.8. The Labute approximate surface area is 66.4 Å². The fourth-order valence-corrected chi connectivity index (χ4v) is 0.988. The first-order chi connectivity index (χ1) is 5.20. The van der Waals surface area contributed by atoms with Crippen molar-refractivity contribution in [3.8, 4) is 0 Å². The third-order valence-electron chi connectivity index (χ3n) is 1.38. The van der Waals surface area contributed by atoms with Gasteiger partial charge in [-0.25, -0.2) is 8.78 Å². The summed E-state index contributed by atoms with van der Waals surface area (Å²) in [7, 11) is 0. The van der Waals surface area contributed by atoms with E-state index in [-0.39, 0.29) is 6.54 Å². The van der Waals surface area contributed by atoms with Gasteiger partial charge in [-0.1, -0.05) is 6.92 Å². The number of hydrogen-bond donors (Lipinski definition) is 1. The molecule has 0 saturated carbocycles. The van der Waals surface area contributed by atoms with E-state index >= 15 is 0 Å². The van der Waals surface area contributed by atoms with Crippen LogP contribution in [0.1, 0.15) is 13.3 Å². The van der Waals surface area contributed by atoms with Gasteiger partial charge in [0.2, 0.25) is 0 Å². The first kappa shape index (κ1) is 10.8. The molecule has 0 spiro atoms. The molecule has 0 aliphatic heterocycles. The van der Waals surface area contributed by atoms with E-state index in [9.17, 15) is 8.78 Å². The smallest absolute Gasteiger partial charge is 0.251 e. The molecule has 0 aliphatic rings. The molecule has 0 amide bonds. The largest absolute Gasteiger partial charge is 0.329 e. The number of rotatable bonds is 6. The first-order valence-corrected chi connectivity index (χ1v) is 3.91. The number of nitrogens with two attached hydrogens (primary N) is 1. The van der Waals surface area contributed by atoms with Crippen molar-refractivity contribution in [2.45, 2.75) is 19.8 Å². The van der Waals surface area contributed by atoms with Crippen LogP contribution in [0.15, 0.2) is 0 Å². The molecule has 0 heterocycles. The molecule has 0 aliphatic carbocycles. The molecular formula is C7H16F2N2. The Morgan fingerprint density at radius 1 is 1.36 bits per heavy atom. The van der Waals surface area contributed by atoms with Gasteiger partial charge < -0.3 is 5.73 Å². The lowest BCUT2D eigenvalue weighted by atomic mass is 10.4. The molecule has 0 atom stereocenters. The van der Waals surface area contributed by atoms with Crippen LogP contribution in [-0.4, -0.2) is 37.5 Å². The van der Waals surface area contributed by atoms with Gasteiger partial charge in [0.05, 0.1) is 6.54 Å². The van der Waals surface area contributed by atoms with Gasteiger partial charge >= 0.3 is 0 Å². The highest BCUT2D eigenvalue weighted by atomic mass is 19.3. The van der Waals surface area contributed by atoms with Crippen LogP contribution >= 0.6 is 0 Å². The fraction of sp³-hybridized carbons (Fsp3) is 1.00. The van der Waals surface area contributed by atoms with E-state index in [0.717, 1.165) is 6.42 Å². The molecule has 2 N–H and O–H groups in total. The predicted octanol–water partition coefficient (Wildman–Crippen LogP) is 0.922. The predicted molar refractivity (Wildman–Crippen MR) is 41.8 cm³/mol. The van der Waals surface area contributed by atoms with Crippen LogP contribution in [-0.2, 0) is 0 Å². The fourth-order valence-electron chi connectivity index (χ4n) is 0.988. The molecule has 0 aromatic rings. The monoisotopic (exact) mass is 166 g/mol. The van der Waals surface area contributed by atoms with Crippen LogP contribution in [0.3, 0.4) is 0 Å². The van der Waals surface area contributed by atoms with Gasteiger partial charge in [0, 0.05) is 13.1 Å². The Morgan fingerprint density at radius 2 is 2.00 bits per heavy atom. The number of hydrogen-bond acceptors (Lipinski definition) is 2. The highest BCUT2D eigenvalue weighted by molar-refractivity contribution is 4.58. The van der Waals surface area contributed by atoms with Crippen molar-refractivity contribution in [2.75, 3.05) is 26.2 Å². The van der Waals surface area contributed by atoms with Crippen molar-refractivity contribution >= 4 is 0 Å². The molecule has 0 aromatic heterocycles. The SMILES string of the molecule is CCCN(CCN)CC(F)F. The third-order valence-corrected chi connectivity index (χ3v) is 1.38. The van der Waals surface area contributed by atoms with Crippen LogP contribution in [0.25, 0.3) is 0 Å². The van der Waals surface area contributed by atoms with E-state index < -0.39 is 6.43 Å². The van der Waals surface area contributed by atoms with Crippen molar-refractivity contribution < 1.29 is 8.78 Å². The Bertz CT molecular complexity index is 82.5. The molecule has 0 radical (unpaired) electrons. The normalized spacial score (nSPS) is 11.5. The van der Waals surface area contributed by atoms with E-state index in [1.807, 2.05) is 6.92 Å². The molecule has 4 heteroatoms. The standard InChI is InChI=1S/C7H16F2N2/c1-2-4-11(5-3-10)6-7(8)9/h7H,2-6,10H2,1H3. The third kappa shape index (κ3) is 6.19. The lowest BCUT2D eigenvalue weighted by Gasteiger charge is -2.19. The van der Waals surface area contributed by atoms with Crippen LogP contribution in [0.5, 0.6) is 0 Å². The van der Waals surface area contributed by atoms with Gasteiger partial charge in [0.1, 0.15) is 0 Å². The highest BCUT2D eigenvalue weighted by Gasteiger charge is 2.09. The van der Waals surface area contributed by atoms with Crippen molar-refractivity contribution in [2.24, 2.45) is 5.73 Å². The molecule has 0 rings (SSSR count). The zero-order chi connectivity index (χ0) is 8.69. The number of nitrogens with zero attached hydrogens (tertiary/aromatic N) is 1. The Hall–Kier alpha value is -0.220. The summed E-state index contributed by atoms with van der Waals surface area (Å²) in [6, 6.07) is 0. The van der Waals surface area contributed by atoms with Gasteiger partial charge in [-0.15, -0.1) is 0 Å². The van der Waals surface area contributed by atoms with Crippen molar-refractivity contribution in [3.05, 3.63) is 0 Å². The molecule has 0 saturated heterocycles. The second-order valence-corrected chi connectivity index (χ2v) is 2.48. The Morgan fingerprint density at radius 3 is 2.36 bits per heavy atom. The highest BCUT2D eigenvalue weighted by Crippen LogP contribution is 1.98. The van der Waals surface area contributed by atoms with Crippen LogP contribution in [0.2, 0.25) is 0 Å². The molecular weight excluding hydrogens is 150 g/mol. The number of alkyl halides is 2. The van der Waals surface area contributed by atoms with E-state index in [1.165, 1.54) is 0 Å². The summed E-state index contributed by atoms with van der Waals surface area (Å²) >= 11 is 0. The first-order valence-electron chi connectivity index (χ1n) is 3.91. The molecule has 0 aromatic carbocycles. The summed E-state index contributed by atoms with van der Waals surface area (Å²) in [5.41, 5.74) is 5.25. The van der Waals surface area contributed by atoms with Gasteiger partial charge in [-0.05, 0) is 13.0 Å². The molecule has 0 bridgehead atoms. The van der Waals surface area contributed by atoms with E-state index in [1.54, 1.807) is 4.90 Å². The summed E-state index contributed by atoms with van der Waals surface area (Å²) in [6.07, 6.45) is -1.35. The zero-order valence-electron chi connectivity index (χ0n) is 6.89. The Balaban J connectivity index is 3.50. The van der Waals surface area contributed by atoms with E-state index in [2.05, 4.69) is 0 Å². The summed E-state index contributed by atoms with van der Waals surface area (Å²) < 4.78 is 23.7. The van der Waals surface area contributed by atoms with Gasteiger partial charge in [0.15, 0.2) is 0 Å². The Kier molecular flexibility index (Phi) is 6.36. The molecule has 2 nitrogen and oxygen atoms in total. The topological polar surface area (TPSA) is 29.3 Å². The summed E-state index contributed by atoms with van der Waals surface area (Å²) in [5.74, 6) is 0. The number of halogens is 2. The summed E-state index contributed by atoms with van der Waals surface area (Å²) in [6.45, 7) is 3.55. The lowest BCUT2D eigenvalue weighted by molar-refractivity contribution is 0.0897. The maximum absolute atomic E-state index is 11.8. The maximum Gasteiger partial charge on any atom is 0.251 e. The van der Waals surface area contributed by atoms with E-state index in [4.69, 9.17) is 5.73 Å². The van der Waals surface area contributed by atoms with Crippen LogP contribution in [0, 0.1) is 0 Å². The average molecular weight is 166 g/mol. The summed E-state index contributed by atoms with van der Waals surface area (Å²) in [4.78, 5) is 1.69. The minimum absolute atomic E-state index is 0.148. The molecule has 68 valence electrons. The second-order valence-electron chi connectivity index (χ2n) is 2.48. The van der Waals surface area contributed by atoms with Gasteiger partial charge in [0.25, 0.3) is 6.43 Å². The van der Waals surface area contributed by atoms with Gasteiger partial charge in [-0.3, -0.25) is 4.90 Å². The molecule has 11 heavy (non-hydrogen) atoms. The summed E-state index contributed by atoms with van der Waals surface area (Å²) in [5, 5.41) is 0. The average Bonchev–Trinajstić information content (AvgIpc) is 1.87. The lowest BCUT2D eigenvalue weighted by Crippen LogP contribution is -2.34. The van der Waals surface area contributed by atoms with E-state index in [0.29, 0.717) is 19.6 Å². The minimum atomic E-state index is -2.24. The van der Waals surface area contributed by atoms with Crippen LogP contribution < -0.4 is 5.73 Å². The quantitative estimate of drug-likeness (QED) is 0.635. The zero-order valence-corrected chi connectivity index (χ0v) is 6.89. The molecule has 0 unspecified atom stereocenters. The van der Waals surface area contributed by atoms with Crippen molar-refractivity contribution in [1.29, 1.82) is 0 Å². The van der Waals surface area contributed by atoms with Crippen LogP contribution in [0.4, 0.5) is 8.78 Å². The van der Waals surface area contributed by atoms with Gasteiger partial charge in [-0.2, -0.15) is 0 Å². The van der Waals surface area contributed by atoms with Crippen molar-refractivity contribution in [3.63, 3.8) is 0 Å². The molecule has 0 fully saturated rings. The van der Waals surface area contributed by atoms with Crippen molar-refractivity contribution in [1.82, 2.24) is 4.90 Å². The minimum Gasteiger partial charge on any atom is -0.329 e.